The summed E-state index contributed by atoms with van der Waals surface area (Å²) >= 11 is 0. The molecule has 0 atom stereocenters. The topological polar surface area (TPSA) is 143 Å². The molecule has 0 radical (unpaired) electrons. The van der Waals surface area contributed by atoms with Gasteiger partial charge >= 0.3 is 11.9 Å². The molecule has 5 N–H and O–H groups in total. The molecule has 0 saturated carbocycles. The van der Waals surface area contributed by atoms with E-state index in [0.29, 0.717) is 0 Å². The molecule has 3 aromatic rings. The predicted molar refractivity (Wildman–Crippen MR) is 112 cm³/mol. The summed E-state index contributed by atoms with van der Waals surface area (Å²) in [6.07, 6.45) is 3.60. The molecule has 0 amide bonds. The molecule has 0 aliphatic rings. The second-order valence-corrected chi connectivity index (χ2v) is 6.22. The molecule has 0 unspecified atom stereocenters. The third-order valence-electron chi connectivity index (χ3n) is 4.27. The second kappa shape index (κ2) is 8.78. The number of aromatic carboxylic acids is 2. The molecular formula is C22H18N2O6. The third-order valence-corrected chi connectivity index (χ3v) is 4.27. The van der Waals surface area contributed by atoms with E-state index < -0.39 is 34.4 Å². The highest BCUT2D eigenvalue weighted by Gasteiger charge is 2.28. The summed E-state index contributed by atoms with van der Waals surface area (Å²) < 4.78 is 5.74. The number of aromatic nitrogens is 1. The van der Waals surface area contributed by atoms with Crippen molar-refractivity contribution in [3.05, 3.63) is 87.7 Å². The summed E-state index contributed by atoms with van der Waals surface area (Å²) in [5, 5.41) is 19.1. The van der Waals surface area contributed by atoms with Crippen molar-refractivity contribution >= 4 is 23.8 Å². The Balaban J connectivity index is 2.05. The van der Waals surface area contributed by atoms with E-state index in [0.717, 1.165) is 5.56 Å². The van der Waals surface area contributed by atoms with Crippen LogP contribution in [0.4, 0.5) is 5.82 Å². The van der Waals surface area contributed by atoms with Crippen LogP contribution in [0.2, 0.25) is 0 Å². The summed E-state index contributed by atoms with van der Waals surface area (Å²) in [5.74, 6) is -3.27. The van der Waals surface area contributed by atoms with Crippen LogP contribution in [0.3, 0.4) is 0 Å². The number of carbonyl (C=O) groups is 2. The molecular weight excluding hydrogens is 388 g/mol. The van der Waals surface area contributed by atoms with Crippen molar-refractivity contribution in [1.29, 1.82) is 0 Å². The first-order chi connectivity index (χ1) is 14.4. The molecule has 30 heavy (non-hydrogen) atoms. The lowest BCUT2D eigenvalue weighted by molar-refractivity contribution is 0.0695. The maximum atomic E-state index is 12.2. The number of pyridine rings is 1. The Hall–Kier alpha value is -4.33. The number of carboxylic acid groups (broad SMARTS) is 2. The highest BCUT2D eigenvalue weighted by Crippen LogP contribution is 2.35. The number of anilines is 1. The first-order valence-electron chi connectivity index (χ1n) is 8.86. The number of para-hydroxylation sites is 1. The van der Waals surface area contributed by atoms with Gasteiger partial charge in [0.05, 0.1) is 0 Å². The molecule has 0 bridgehead atoms. The number of benzene rings is 2. The molecule has 2 aromatic carbocycles. The molecule has 1 aromatic heterocycles. The zero-order valence-corrected chi connectivity index (χ0v) is 15.7. The molecule has 0 aliphatic carbocycles. The molecule has 8 heteroatoms. The average Bonchev–Trinajstić information content (AvgIpc) is 2.71. The van der Waals surface area contributed by atoms with Gasteiger partial charge in [0.2, 0.25) is 0 Å². The van der Waals surface area contributed by atoms with Crippen LogP contribution >= 0.6 is 0 Å². The fourth-order valence-corrected chi connectivity index (χ4v) is 3.00. The number of nitrogen functional groups attached to an aromatic ring is 1. The Bertz CT molecular complexity index is 1180. The van der Waals surface area contributed by atoms with Crippen LogP contribution in [0.5, 0.6) is 5.75 Å². The number of rotatable bonds is 7. The van der Waals surface area contributed by atoms with E-state index in [1.54, 1.807) is 24.3 Å². The van der Waals surface area contributed by atoms with Crippen molar-refractivity contribution < 1.29 is 24.5 Å². The molecule has 3 rings (SSSR count). The number of aromatic amines is 1. The van der Waals surface area contributed by atoms with E-state index in [4.69, 9.17) is 10.5 Å². The number of H-pyrrole nitrogens is 1. The zero-order chi connectivity index (χ0) is 21.7. The van der Waals surface area contributed by atoms with Crippen LogP contribution in [0.15, 0.2) is 65.5 Å². The van der Waals surface area contributed by atoms with Gasteiger partial charge < -0.3 is 25.7 Å². The van der Waals surface area contributed by atoms with Crippen LogP contribution < -0.4 is 16.0 Å². The van der Waals surface area contributed by atoms with Crippen molar-refractivity contribution in [2.75, 3.05) is 12.3 Å². The lowest BCUT2D eigenvalue weighted by atomic mass is 9.94. The van der Waals surface area contributed by atoms with Crippen LogP contribution in [-0.4, -0.2) is 33.7 Å². The Labute approximate surface area is 170 Å². The first-order valence-corrected chi connectivity index (χ1v) is 8.86. The van der Waals surface area contributed by atoms with E-state index in [-0.39, 0.29) is 23.5 Å². The van der Waals surface area contributed by atoms with Gasteiger partial charge in [0.15, 0.2) is 0 Å². The number of hydrogen-bond donors (Lipinski definition) is 4. The number of hydrogen-bond acceptors (Lipinski definition) is 5. The predicted octanol–water partition coefficient (Wildman–Crippen LogP) is 3.11. The summed E-state index contributed by atoms with van der Waals surface area (Å²) in [6, 6.07) is 15.8. The van der Waals surface area contributed by atoms with Gasteiger partial charge in [-0.15, -0.1) is 0 Å². The molecule has 152 valence electrons. The van der Waals surface area contributed by atoms with Crippen molar-refractivity contribution in [2.24, 2.45) is 0 Å². The van der Waals surface area contributed by atoms with Gasteiger partial charge in [-0.2, -0.15) is 0 Å². The van der Waals surface area contributed by atoms with Gasteiger partial charge in [0, 0.05) is 11.1 Å². The van der Waals surface area contributed by atoms with Crippen LogP contribution in [0.1, 0.15) is 26.3 Å². The summed E-state index contributed by atoms with van der Waals surface area (Å²) in [5.41, 5.74) is 4.25. The molecule has 8 nitrogen and oxygen atoms in total. The number of carboxylic acids is 2. The Kier molecular flexibility index (Phi) is 5.97. The monoisotopic (exact) mass is 406 g/mol. The standard InChI is InChI=1S/C22H18N2O6/c23-19-17(21(26)27)16(18(22(28)29)20(25)24-19)14-10-4-5-11-15(14)30-12-6-9-13-7-2-1-3-8-13/h1-11H,12H2,(H,26,27)(H,28,29)(H3,23,24,25). The van der Waals surface area contributed by atoms with Crippen LogP contribution in [0.25, 0.3) is 17.2 Å². The van der Waals surface area contributed by atoms with Crippen molar-refractivity contribution in [3.63, 3.8) is 0 Å². The third kappa shape index (κ3) is 4.22. The van der Waals surface area contributed by atoms with E-state index in [1.807, 2.05) is 36.4 Å². The fourth-order valence-electron chi connectivity index (χ4n) is 3.00. The summed E-state index contributed by atoms with van der Waals surface area (Å²) in [6.45, 7) is 0.134. The quantitative estimate of drug-likeness (QED) is 0.472. The minimum atomic E-state index is -1.58. The van der Waals surface area contributed by atoms with E-state index >= 15 is 0 Å². The Morgan fingerprint density at radius 1 is 0.967 bits per heavy atom. The molecule has 0 saturated heterocycles. The summed E-state index contributed by atoms with van der Waals surface area (Å²) in [7, 11) is 0. The van der Waals surface area contributed by atoms with Crippen LogP contribution in [0, 0.1) is 0 Å². The minimum absolute atomic E-state index is 0.134. The number of nitrogens with one attached hydrogen (secondary N) is 1. The van der Waals surface area contributed by atoms with Crippen molar-refractivity contribution in [1.82, 2.24) is 4.98 Å². The molecule has 0 aliphatic heterocycles. The number of ether oxygens (including phenoxy) is 1. The molecule has 1 heterocycles. The highest BCUT2D eigenvalue weighted by molar-refractivity contribution is 6.08. The number of nitrogens with two attached hydrogens (primary N) is 1. The van der Waals surface area contributed by atoms with Crippen molar-refractivity contribution in [3.8, 4) is 16.9 Å². The first kappa shape index (κ1) is 20.4. The molecule has 0 fully saturated rings. The minimum Gasteiger partial charge on any atom is -0.489 e. The maximum Gasteiger partial charge on any atom is 0.342 e. The van der Waals surface area contributed by atoms with Gasteiger partial charge in [-0.1, -0.05) is 54.6 Å². The zero-order valence-electron chi connectivity index (χ0n) is 15.7. The maximum absolute atomic E-state index is 12.2. The normalized spacial score (nSPS) is 10.8. The smallest absolute Gasteiger partial charge is 0.342 e. The van der Waals surface area contributed by atoms with Gasteiger partial charge in [0.1, 0.15) is 29.3 Å². The SMILES string of the molecule is Nc1[nH]c(=O)c(C(=O)O)c(-c2ccccc2OCC=Cc2ccccc2)c1C(=O)O. The molecule has 0 spiro atoms. The van der Waals surface area contributed by atoms with Gasteiger partial charge in [-0.3, -0.25) is 4.79 Å². The summed E-state index contributed by atoms with van der Waals surface area (Å²) in [4.78, 5) is 37.8. The van der Waals surface area contributed by atoms with E-state index in [2.05, 4.69) is 4.98 Å². The fraction of sp³-hybridized carbons (Fsp3) is 0.0455. The lowest BCUT2D eigenvalue weighted by Crippen LogP contribution is -2.24. The Morgan fingerprint density at radius 3 is 2.27 bits per heavy atom. The van der Waals surface area contributed by atoms with Gasteiger partial charge in [-0.05, 0) is 17.7 Å². The van der Waals surface area contributed by atoms with Crippen LogP contribution in [-0.2, 0) is 0 Å². The van der Waals surface area contributed by atoms with E-state index in [9.17, 15) is 24.6 Å². The van der Waals surface area contributed by atoms with E-state index in [1.165, 1.54) is 6.07 Å². The van der Waals surface area contributed by atoms with Crippen molar-refractivity contribution in [2.45, 2.75) is 0 Å². The average molecular weight is 406 g/mol. The van der Waals surface area contributed by atoms with Gasteiger partial charge in [-0.25, -0.2) is 9.59 Å². The Morgan fingerprint density at radius 2 is 1.60 bits per heavy atom. The second-order valence-electron chi connectivity index (χ2n) is 6.22. The lowest BCUT2D eigenvalue weighted by Gasteiger charge is -2.15. The van der Waals surface area contributed by atoms with Gasteiger partial charge in [0.25, 0.3) is 5.56 Å². The largest absolute Gasteiger partial charge is 0.489 e. The highest BCUT2D eigenvalue weighted by atomic mass is 16.5.